The van der Waals surface area contributed by atoms with Gasteiger partial charge in [-0.1, -0.05) is 0 Å². The molecule has 5 heteroatoms. The third-order valence-corrected chi connectivity index (χ3v) is 2.22. The Kier molecular flexibility index (Phi) is 4.98. The average molecular weight is 234 g/mol. The van der Waals surface area contributed by atoms with E-state index in [0.29, 0.717) is 17.9 Å². The number of benzene rings is 1. The van der Waals surface area contributed by atoms with E-state index in [1.807, 2.05) is 0 Å². The van der Waals surface area contributed by atoms with Crippen LogP contribution in [-0.4, -0.2) is 26.7 Å². The minimum Gasteiger partial charge on any atom is -0.496 e. The molecular formula is C12H14N2O3. The van der Waals surface area contributed by atoms with Crippen molar-refractivity contribution in [1.82, 2.24) is 5.32 Å². The van der Waals surface area contributed by atoms with Crippen molar-refractivity contribution in [1.29, 1.82) is 5.26 Å². The maximum Gasteiger partial charge on any atom is 0.319 e. The number of hydrogen-bond donors (Lipinski definition) is 1. The standard InChI is InChI=1S/C12H14N2O3/c1-16-11-4-3-9(6-13)5-10(11)7-14-8-12(15)17-2/h3-5,14H,7-8H2,1-2H3. The van der Waals surface area contributed by atoms with Crippen LogP contribution in [0.25, 0.3) is 0 Å². The number of nitriles is 1. The summed E-state index contributed by atoms with van der Waals surface area (Å²) in [5, 5.41) is 11.7. The SMILES string of the molecule is COC(=O)CNCc1cc(C#N)ccc1OC. The molecule has 1 N–H and O–H groups in total. The Hall–Kier alpha value is -2.06. The lowest BCUT2D eigenvalue weighted by atomic mass is 10.1. The second-order valence-corrected chi connectivity index (χ2v) is 3.32. The highest BCUT2D eigenvalue weighted by Gasteiger charge is 2.05. The maximum atomic E-state index is 10.9. The number of methoxy groups -OCH3 is 2. The van der Waals surface area contributed by atoms with Gasteiger partial charge in [-0.2, -0.15) is 5.26 Å². The molecule has 0 saturated heterocycles. The third-order valence-electron chi connectivity index (χ3n) is 2.22. The zero-order valence-corrected chi connectivity index (χ0v) is 9.82. The second kappa shape index (κ2) is 6.51. The van der Waals surface area contributed by atoms with Gasteiger partial charge in [-0.15, -0.1) is 0 Å². The van der Waals surface area contributed by atoms with Gasteiger partial charge in [-0.25, -0.2) is 0 Å². The third kappa shape index (κ3) is 3.78. The van der Waals surface area contributed by atoms with Crippen molar-refractivity contribution < 1.29 is 14.3 Å². The highest BCUT2D eigenvalue weighted by Crippen LogP contribution is 2.19. The Morgan fingerprint density at radius 1 is 1.47 bits per heavy atom. The lowest BCUT2D eigenvalue weighted by Crippen LogP contribution is -2.23. The summed E-state index contributed by atoms with van der Waals surface area (Å²) in [5.74, 6) is 0.349. The lowest BCUT2D eigenvalue weighted by Gasteiger charge is -2.09. The summed E-state index contributed by atoms with van der Waals surface area (Å²) >= 11 is 0. The van der Waals surface area contributed by atoms with Crippen LogP contribution in [0.1, 0.15) is 11.1 Å². The van der Waals surface area contributed by atoms with E-state index in [0.717, 1.165) is 5.56 Å². The molecule has 5 nitrogen and oxygen atoms in total. The van der Waals surface area contributed by atoms with E-state index in [2.05, 4.69) is 16.1 Å². The van der Waals surface area contributed by atoms with Crippen LogP contribution in [0.15, 0.2) is 18.2 Å². The van der Waals surface area contributed by atoms with Gasteiger partial charge in [0.25, 0.3) is 0 Å². The first-order valence-electron chi connectivity index (χ1n) is 5.05. The van der Waals surface area contributed by atoms with Gasteiger partial charge in [0.1, 0.15) is 5.75 Å². The van der Waals surface area contributed by atoms with Crippen LogP contribution in [0, 0.1) is 11.3 Å². The van der Waals surface area contributed by atoms with Gasteiger partial charge in [0, 0.05) is 12.1 Å². The summed E-state index contributed by atoms with van der Waals surface area (Å²) in [4.78, 5) is 10.9. The zero-order valence-electron chi connectivity index (χ0n) is 9.82. The van der Waals surface area contributed by atoms with Crippen LogP contribution in [0.2, 0.25) is 0 Å². The lowest BCUT2D eigenvalue weighted by molar-refractivity contribution is -0.139. The number of rotatable bonds is 5. The molecule has 0 fully saturated rings. The van der Waals surface area contributed by atoms with E-state index < -0.39 is 0 Å². The largest absolute Gasteiger partial charge is 0.496 e. The summed E-state index contributed by atoms with van der Waals surface area (Å²) in [6.07, 6.45) is 0. The van der Waals surface area contributed by atoms with Gasteiger partial charge < -0.3 is 14.8 Å². The molecule has 1 rings (SSSR count). The van der Waals surface area contributed by atoms with Crippen LogP contribution >= 0.6 is 0 Å². The van der Waals surface area contributed by atoms with Crippen molar-refractivity contribution >= 4 is 5.97 Å². The predicted molar refractivity (Wildman–Crippen MR) is 61.4 cm³/mol. The molecule has 1 aromatic carbocycles. The fourth-order valence-corrected chi connectivity index (χ4v) is 1.36. The molecule has 0 aromatic heterocycles. The highest BCUT2D eigenvalue weighted by molar-refractivity contribution is 5.71. The molecule has 0 spiro atoms. The highest BCUT2D eigenvalue weighted by atomic mass is 16.5. The molecule has 0 aliphatic carbocycles. The first-order chi connectivity index (χ1) is 8.21. The van der Waals surface area contributed by atoms with Crippen molar-refractivity contribution in [2.75, 3.05) is 20.8 Å². The molecule has 17 heavy (non-hydrogen) atoms. The smallest absolute Gasteiger partial charge is 0.319 e. The van der Waals surface area contributed by atoms with Crippen molar-refractivity contribution in [3.8, 4) is 11.8 Å². The Bertz CT molecular complexity index is 438. The van der Waals surface area contributed by atoms with Crippen LogP contribution < -0.4 is 10.1 Å². The van der Waals surface area contributed by atoms with E-state index in [-0.39, 0.29) is 12.5 Å². The minimum absolute atomic E-state index is 0.121. The molecule has 90 valence electrons. The van der Waals surface area contributed by atoms with Crippen LogP contribution in [0.4, 0.5) is 0 Å². The van der Waals surface area contributed by atoms with Gasteiger partial charge in [0.05, 0.1) is 32.4 Å². The first-order valence-corrected chi connectivity index (χ1v) is 5.05. The Morgan fingerprint density at radius 2 is 2.24 bits per heavy atom. The molecule has 0 bridgehead atoms. The van der Waals surface area contributed by atoms with E-state index in [1.54, 1.807) is 25.3 Å². The fourth-order valence-electron chi connectivity index (χ4n) is 1.36. The number of nitrogens with one attached hydrogen (secondary N) is 1. The molecule has 0 radical (unpaired) electrons. The van der Waals surface area contributed by atoms with Gasteiger partial charge in [0.15, 0.2) is 0 Å². The van der Waals surface area contributed by atoms with Gasteiger partial charge in [-0.05, 0) is 18.2 Å². The number of carbonyl (C=O) groups excluding carboxylic acids is 1. The normalized spacial score (nSPS) is 9.47. The van der Waals surface area contributed by atoms with Crippen LogP contribution in [-0.2, 0) is 16.1 Å². The van der Waals surface area contributed by atoms with Crippen LogP contribution in [0.3, 0.4) is 0 Å². The van der Waals surface area contributed by atoms with Crippen molar-refractivity contribution in [3.05, 3.63) is 29.3 Å². The Labute approximate surface area is 100.0 Å². The Balaban J connectivity index is 2.68. The van der Waals surface area contributed by atoms with Gasteiger partial charge >= 0.3 is 5.97 Å². The van der Waals surface area contributed by atoms with E-state index in [1.165, 1.54) is 7.11 Å². The fraction of sp³-hybridized carbons (Fsp3) is 0.333. The molecule has 0 atom stereocenters. The number of hydrogen-bond acceptors (Lipinski definition) is 5. The minimum atomic E-state index is -0.333. The summed E-state index contributed by atoms with van der Waals surface area (Å²) in [7, 11) is 2.89. The molecule has 0 heterocycles. The monoisotopic (exact) mass is 234 g/mol. The van der Waals surface area contributed by atoms with Crippen molar-refractivity contribution in [3.63, 3.8) is 0 Å². The van der Waals surface area contributed by atoms with Gasteiger partial charge in [0.2, 0.25) is 0 Å². The quantitative estimate of drug-likeness (QED) is 0.764. The molecule has 0 unspecified atom stereocenters. The summed E-state index contributed by atoms with van der Waals surface area (Å²) < 4.78 is 9.67. The maximum absolute atomic E-state index is 10.9. The van der Waals surface area contributed by atoms with E-state index >= 15 is 0 Å². The number of carbonyl (C=O) groups is 1. The van der Waals surface area contributed by atoms with E-state index in [4.69, 9.17) is 10.00 Å². The summed E-state index contributed by atoms with van der Waals surface area (Å²) in [6, 6.07) is 7.19. The number of nitrogens with zero attached hydrogens (tertiary/aromatic N) is 1. The summed E-state index contributed by atoms with van der Waals surface area (Å²) in [5.41, 5.74) is 1.39. The molecule has 1 aromatic rings. The average Bonchev–Trinajstić information content (AvgIpc) is 2.38. The number of esters is 1. The van der Waals surface area contributed by atoms with Crippen molar-refractivity contribution in [2.24, 2.45) is 0 Å². The van der Waals surface area contributed by atoms with Gasteiger partial charge in [-0.3, -0.25) is 4.79 Å². The molecular weight excluding hydrogens is 220 g/mol. The molecule has 0 aliphatic heterocycles. The molecule has 0 saturated carbocycles. The number of ether oxygens (including phenoxy) is 2. The summed E-state index contributed by atoms with van der Waals surface area (Å²) in [6.45, 7) is 0.560. The first kappa shape index (κ1) is 13.0. The molecule has 0 amide bonds. The van der Waals surface area contributed by atoms with Crippen molar-refractivity contribution in [2.45, 2.75) is 6.54 Å². The van der Waals surface area contributed by atoms with E-state index in [9.17, 15) is 4.79 Å². The topological polar surface area (TPSA) is 71.3 Å². The zero-order chi connectivity index (χ0) is 12.7. The second-order valence-electron chi connectivity index (χ2n) is 3.32. The Morgan fingerprint density at radius 3 is 2.82 bits per heavy atom. The molecule has 0 aliphatic rings. The predicted octanol–water partition coefficient (Wildman–Crippen LogP) is 0.829. The van der Waals surface area contributed by atoms with Crippen LogP contribution in [0.5, 0.6) is 5.75 Å².